The van der Waals surface area contributed by atoms with Gasteiger partial charge in [0.05, 0.1) is 18.7 Å². The molecule has 4 nitrogen and oxygen atoms in total. The number of hydrogen-bond acceptors (Lipinski definition) is 4. The van der Waals surface area contributed by atoms with Crippen molar-refractivity contribution in [1.29, 1.82) is 5.26 Å². The van der Waals surface area contributed by atoms with E-state index >= 15 is 0 Å². The predicted octanol–water partition coefficient (Wildman–Crippen LogP) is 1.23. The number of nitrogens with zero attached hydrogens (tertiary/aromatic N) is 1. The Morgan fingerprint density at radius 1 is 1.50 bits per heavy atom. The Morgan fingerprint density at radius 3 is 2.81 bits per heavy atom. The summed E-state index contributed by atoms with van der Waals surface area (Å²) in [6.07, 6.45) is 0. The summed E-state index contributed by atoms with van der Waals surface area (Å²) in [6, 6.07) is 11.1. The summed E-state index contributed by atoms with van der Waals surface area (Å²) in [4.78, 5) is 11.2. The molecule has 1 aromatic rings. The van der Waals surface area contributed by atoms with Crippen LogP contribution >= 0.6 is 0 Å². The molecule has 0 aliphatic rings. The van der Waals surface area contributed by atoms with E-state index in [2.05, 4.69) is 5.32 Å². The standard InChI is InChI=1S/C12H14N2O2/c1-10(7-13)14-8-12(15)16-9-11-5-3-2-4-6-11/h2-6,10,14H,8-9H2,1H3. The van der Waals surface area contributed by atoms with Crippen molar-refractivity contribution in [3.8, 4) is 6.07 Å². The normalized spacial score (nSPS) is 11.5. The van der Waals surface area contributed by atoms with E-state index < -0.39 is 0 Å². The van der Waals surface area contributed by atoms with E-state index in [4.69, 9.17) is 10.00 Å². The average molecular weight is 218 g/mol. The number of carbonyl (C=O) groups is 1. The maximum atomic E-state index is 11.2. The Hall–Kier alpha value is -1.86. The maximum Gasteiger partial charge on any atom is 0.320 e. The van der Waals surface area contributed by atoms with E-state index in [9.17, 15) is 4.79 Å². The van der Waals surface area contributed by atoms with E-state index in [1.807, 2.05) is 36.4 Å². The van der Waals surface area contributed by atoms with Gasteiger partial charge < -0.3 is 4.74 Å². The Kier molecular flexibility index (Phi) is 5.03. The highest BCUT2D eigenvalue weighted by Crippen LogP contribution is 2.00. The van der Waals surface area contributed by atoms with Crippen LogP contribution in [-0.2, 0) is 16.1 Å². The number of rotatable bonds is 5. The van der Waals surface area contributed by atoms with Gasteiger partial charge in [-0.3, -0.25) is 10.1 Å². The molecule has 0 aliphatic carbocycles. The van der Waals surface area contributed by atoms with Crippen LogP contribution in [0.2, 0.25) is 0 Å². The lowest BCUT2D eigenvalue weighted by Gasteiger charge is -2.06. The third-order valence-electron chi connectivity index (χ3n) is 1.99. The highest BCUT2D eigenvalue weighted by molar-refractivity contribution is 5.71. The van der Waals surface area contributed by atoms with Crippen LogP contribution in [0.4, 0.5) is 0 Å². The van der Waals surface area contributed by atoms with Crippen molar-refractivity contribution in [2.24, 2.45) is 0 Å². The summed E-state index contributed by atoms with van der Waals surface area (Å²) in [5.41, 5.74) is 0.948. The fraction of sp³-hybridized carbons (Fsp3) is 0.333. The van der Waals surface area contributed by atoms with Crippen LogP contribution in [0.3, 0.4) is 0 Å². The van der Waals surface area contributed by atoms with Gasteiger partial charge in [-0.25, -0.2) is 0 Å². The highest BCUT2D eigenvalue weighted by Gasteiger charge is 2.05. The second-order valence-electron chi connectivity index (χ2n) is 3.38. The van der Waals surface area contributed by atoms with Gasteiger partial charge in [-0.05, 0) is 12.5 Å². The lowest BCUT2D eigenvalue weighted by molar-refractivity contribution is -0.143. The summed E-state index contributed by atoms with van der Waals surface area (Å²) in [5.74, 6) is -0.356. The zero-order valence-electron chi connectivity index (χ0n) is 9.14. The lowest BCUT2D eigenvalue weighted by Crippen LogP contribution is -2.31. The number of esters is 1. The fourth-order valence-electron chi connectivity index (χ4n) is 1.07. The minimum absolute atomic E-state index is 0.0571. The molecule has 0 radical (unpaired) electrons. The number of ether oxygens (including phenoxy) is 1. The fourth-order valence-corrected chi connectivity index (χ4v) is 1.07. The van der Waals surface area contributed by atoms with Crippen molar-refractivity contribution in [3.05, 3.63) is 35.9 Å². The number of nitrogens with one attached hydrogen (secondary N) is 1. The minimum atomic E-state index is -0.356. The van der Waals surface area contributed by atoms with E-state index in [1.165, 1.54) is 0 Å². The van der Waals surface area contributed by atoms with Crippen LogP contribution in [0, 0.1) is 11.3 Å². The van der Waals surface area contributed by atoms with Crippen LogP contribution in [0.1, 0.15) is 12.5 Å². The first kappa shape index (κ1) is 12.2. The molecule has 1 aromatic carbocycles. The predicted molar refractivity (Wildman–Crippen MR) is 59.3 cm³/mol. The van der Waals surface area contributed by atoms with Crippen molar-refractivity contribution in [2.75, 3.05) is 6.54 Å². The minimum Gasteiger partial charge on any atom is -0.460 e. The molecule has 0 amide bonds. The van der Waals surface area contributed by atoms with Gasteiger partial charge in [-0.15, -0.1) is 0 Å². The molecule has 0 saturated carbocycles. The Bertz CT molecular complexity index is 370. The Morgan fingerprint density at radius 2 is 2.19 bits per heavy atom. The summed E-state index contributed by atoms with van der Waals surface area (Å²) in [7, 11) is 0. The Labute approximate surface area is 94.8 Å². The molecular weight excluding hydrogens is 204 g/mol. The van der Waals surface area contributed by atoms with Crippen molar-refractivity contribution < 1.29 is 9.53 Å². The average Bonchev–Trinajstić information content (AvgIpc) is 2.34. The summed E-state index contributed by atoms with van der Waals surface area (Å²) in [6.45, 7) is 2.01. The molecule has 0 aliphatic heterocycles. The largest absolute Gasteiger partial charge is 0.460 e. The highest BCUT2D eigenvalue weighted by atomic mass is 16.5. The van der Waals surface area contributed by atoms with Gasteiger partial charge in [0.15, 0.2) is 0 Å². The van der Waals surface area contributed by atoms with Crippen molar-refractivity contribution in [3.63, 3.8) is 0 Å². The second-order valence-corrected chi connectivity index (χ2v) is 3.38. The number of benzene rings is 1. The zero-order chi connectivity index (χ0) is 11.8. The van der Waals surface area contributed by atoms with Crippen molar-refractivity contribution in [2.45, 2.75) is 19.6 Å². The summed E-state index contributed by atoms with van der Waals surface area (Å²) < 4.78 is 5.01. The molecule has 1 unspecified atom stereocenters. The van der Waals surface area contributed by atoms with Gasteiger partial charge in [0, 0.05) is 0 Å². The van der Waals surface area contributed by atoms with Gasteiger partial charge in [-0.2, -0.15) is 5.26 Å². The molecule has 84 valence electrons. The van der Waals surface area contributed by atoms with Crippen molar-refractivity contribution in [1.82, 2.24) is 5.32 Å². The summed E-state index contributed by atoms with van der Waals surface area (Å²) >= 11 is 0. The molecule has 1 atom stereocenters. The van der Waals surface area contributed by atoms with Gasteiger partial charge in [0.25, 0.3) is 0 Å². The monoisotopic (exact) mass is 218 g/mol. The zero-order valence-corrected chi connectivity index (χ0v) is 9.14. The topological polar surface area (TPSA) is 62.1 Å². The smallest absolute Gasteiger partial charge is 0.320 e. The molecule has 0 spiro atoms. The van der Waals surface area contributed by atoms with E-state index in [1.54, 1.807) is 6.92 Å². The first-order valence-electron chi connectivity index (χ1n) is 5.05. The number of nitriles is 1. The van der Waals surface area contributed by atoms with Crippen LogP contribution in [0.5, 0.6) is 0 Å². The Balaban J connectivity index is 2.24. The van der Waals surface area contributed by atoms with Gasteiger partial charge in [0.1, 0.15) is 6.61 Å². The third kappa shape index (κ3) is 4.58. The quantitative estimate of drug-likeness (QED) is 0.755. The SMILES string of the molecule is CC(C#N)NCC(=O)OCc1ccccc1. The maximum absolute atomic E-state index is 11.2. The van der Waals surface area contributed by atoms with Gasteiger partial charge >= 0.3 is 5.97 Å². The van der Waals surface area contributed by atoms with Crippen molar-refractivity contribution >= 4 is 5.97 Å². The molecule has 0 saturated heterocycles. The molecule has 4 heteroatoms. The molecular formula is C12H14N2O2. The molecule has 0 heterocycles. The number of hydrogen-bond donors (Lipinski definition) is 1. The van der Waals surface area contributed by atoms with Crippen LogP contribution < -0.4 is 5.32 Å². The van der Waals surface area contributed by atoms with Crippen LogP contribution in [0.15, 0.2) is 30.3 Å². The first-order valence-corrected chi connectivity index (χ1v) is 5.05. The number of carbonyl (C=O) groups excluding carboxylic acids is 1. The van der Waals surface area contributed by atoms with Gasteiger partial charge in [0.2, 0.25) is 0 Å². The third-order valence-corrected chi connectivity index (χ3v) is 1.99. The molecule has 1 N–H and O–H groups in total. The lowest BCUT2D eigenvalue weighted by atomic mass is 10.2. The van der Waals surface area contributed by atoms with Gasteiger partial charge in [-0.1, -0.05) is 30.3 Å². The molecule has 0 bridgehead atoms. The van der Waals surface area contributed by atoms with E-state index in [-0.39, 0.29) is 25.2 Å². The van der Waals surface area contributed by atoms with Crippen LogP contribution in [-0.4, -0.2) is 18.6 Å². The second kappa shape index (κ2) is 6.59. The summed E-state index contributed by atoms with van der Waals surface area (Å²) in [5, 5.41) is 11.2. The first-order chi connectivity index (χ1) is 7.72. The molecule has 0 aromatic heterocycles. The van der Waals surface area contributed by atoms with E-state index in [0.29, 0.717) is 0 Å². The molecule has 16 heavy (non-hydrogen) atoms. The van der Waals surface area contributed by atoms with E-state index in [0.717, 1.165) is 5.56 Å². The van der Waals surface area contributed by atoms with Crippen LogP contribution in [0.25, 0.3) is 0 Å². The molecule has 1 rings (SSSR count). The molecule has 0 fully saturated rings.